The molecule has 0 spiro atoms. The lowest BCUT2D eigenvalue weighted by Gasteiger charge is -2.22. The summed E-state index contributed by atoms with van der Waals surface area (Å²) in [5.74, 6) is 6.28. The first-order chi connectivity index (χ1) is 8.93. The molecule has 0 aliphatic carbocycles. The van der Waals surface area contributed by atoms with Crippen molar-refractivity contribution in [2.45, 2.75) is 64.1 Å². The number of ether oxygens (including phenoxy) is 2. The van der Waals surface area contributed by atoms with Crippen molar-refractivity contribution in [1.29, 1.82) is 0 Å². The van der Waals surface area contributed by atoms with Crippen molar-refractivity contribution in [3.8, 4) is 11.8 Å². The van der Waals surface area contributed by atoms with Crippen LogP contribution in [0.15, 0.2) is 0 Å². The van der Waals surface area contributed by atoms with Crippen LogP contribution in [0.3, 0.4) is 0 Å². The largest absolute Gasteiger partial charge is 0.353 e. The molecule has 18 heavy (non-hydrogen) atoms. The van der Waals surface area contributed by atoms with Crippen LogP contribution in [-0.4, -0.2) is 23.9 Å². The lowest BCUT2D eigenvalue weighted by molar-refractivity contribution is -0.162. The summed E-state index contributed by atoms with van der Waals surface area (Å²) >= 11 is 2.29. The second-order valence-corrected chi connectivity index (χ2v) is 5.43. The summed E-state index contributed by atoms with van der Waals surface area (Å²) in [6.45, 7) is 1.74. The average molecular weight is 364 g/mol. The molecule has 0 aromatic rings. The van der Waals surface area contributed by atoms with Crippen LogP contribution in [-0.2, 0) is 9.47 Å². The van der Waals surface area contributed by atoms with Gasteiger partial charge in [0.15, 0.2) is 6.29 Å². The highest BCUT2D eigenvalue weighted by Gasteiger charge is 2.12. The maximum atomic E-state index is 5.70. The molecule has 1 saturated heterocycles. The van der Waals surface area contributed by atoms with Crippen LogP contribution in [0.1, 0.15) is 57.8 Å². The fraction of sp³-hybridized carbons (Fsp3) is 0.867. The van der Waals surface area contributed by atoms with Crippen molar-refractivity contribution < 1.29 is 9.47 Å². The lowest BCUT2D eigenvalue weighted by atomic mass is 10.1. The summed E-state index contributed by atoms with van der Waals surface area (Å²) in [6.07, 6.45) is 11.0. The molecule has 1 aliphatic rings. The molecule has 1 fully saturated rings. The van der Waals surface area contributed by atoms with Crippen LogP contribution in [0.4, 0.5) is 0 Å². The Bertz CT molecular complexity index is 239. The number of rotatable bonds is 8. The first kappa shape index (κ1) is 16.3. The second kappa shape index (κ2) is 12.3. The molecule has 3 heteroatoms. The topological polar surface area (TPSA) is 18.5 Å². The molecule has 1 aliphatic heterocycles. The van der Waals surface area contributed by atoms with Gasteiger partial charge in [0.25, 0.3) is 0 Å². The molecule has 0 saturated carbocycles. The molecule has 0 aromatic carbocycles. The molecular weight excluding hydrogens is 339 g/mol. The fourth-order valence-corrected chi connectivity index (χ4v) is 2.31. The zero-order valence-electron chi connectivity index (χ0n) is 11.3. The number of hydrogen-bond acceptors (Lipinski definition) is 2. The van der Waals surface area contributed by atoms with Gasteiger partial charge in [-0.3, -0.25) is 0 Å². The molecular formula is C15H25IO2. The van der Waals surface area contributed by atoms with E-state index in [2.05, 4.69) is 34.4 Å². The number of unbranched alkanes of at least 4 members (excludes halogenated alkanes) is 5. The normalized spacial score (nSPS) is 19.3. The maximum absolute atomic E-state index is 5.70. The van der Waals surface area contributed by atoms with Gasteiger partial charge >= 0.3 is 0 Å². The van der Waals surface area contributed by atoms with Gasteiger partial charge in [-0.2, -0.15) is 0 Å². The van der Waals surface area contributed by atoms with Crippen LogP contribution in [0.25, 0.3) is 0 Å². The highest BCUT2D eigenvalue weighted by Crippen LogP contribution is 2.14. The Morgan fingerprint density at radius 3 is 2.67 bits per heavy atom. The Kier molecular flexibility index (Phi) is 11.1. The van der Waals surface area contributed by atoms with Gasteiger partial charge in [-0.05, 0) is 32.1 Å². The third kappa shape index (κ3) is 9.18. The van der Waals surface area contributed by atoms with E-state index in [9.17, 15) is 0 Å². The van der Waals surface area contributed by atoms with E-state index in [1.807, 2.05) is 0 Å². The van der Waals surface area contributed by atoms with E-state index in [1.165, 1.54) is 44.9 Å². The van der Waals surface area contributed by atoms with Crippen LogP contribution < -0.4 is 0 Å². The van der Waals surface area contributed by atoms with Gasteiger partial charge in [0.05, 0.1) is 4.43 Å². The Balaban J connectivity index is 1.78. The van der Waals surface area contributed by atoms with Gasteiger partial charge in [-0.25, -0.2) is 0 Å². The molecule has 0 bridgehead atoms. The Morgan fingerprint density at radius 1 is 1.06 bits per heavy atom. The Morgan fingerprint density at radius 2 is 1.89 bits per heavy atom. The number of halogens is 1. The van der Waals surface area contributed by atoms with Crippen molar-refractivity contribution in [2.24, 2.45) is 0 Å². The molecule has 0 amide bonds. The summed E-state index contributed by atoms with van der Waals surface area (Å²) in [5.41, 5.74) is 0. The predicted molar refractivity (Wildman–Crippen MR) is 83.9 cm³/mol. The average Bonchev–Trinajstić information content (AvgIpc) is 2.42. The van der Waals surface area contributed by atoms with E-state index >= 15 is 0 Å². The molecule has 1 atom stereocenters. The minimum atomic E-state index is 0.0855. The summed E-state index contributed by atoms with van der Waals surface area (Å²) < 4.78 is 12.2. The van der Waals surface area contributed by atoms with Gasteiger partial charge in [-0.1, -0.05) is 47.8 Å². The highest BCUT2D eigenvalue weighted by molar-refractivity contribution is 14.1. The van der Waals surface area contributed by atoms with Crippen molar-refractivity contribution in [3.63, 3.8) is 0 Å². The van der Waals surface area contributed by atoms with Gasteiger partial charge in [0.2, 0.25) is 0 Å². The van der Waals surface area contributed by atoms with Gasteiger partial charge < -0.3 is 9.47 Å². The smallest absolute Gasteiger partial charge is 0.157 e. The summed E-state index contributed by atoms with van der Waals surface area (Å²) in [6, 6.07) is 0. The van der Waals surface area contributed by atoms with Crippen molar-refractivity contribution in [2.75, 3.05) is 17.6 Å². The Hall–Kier alpha value is 0.210. The SMILES string of the molecule is ICC#CCCCCCCCOC1CCCCO1. The number of hydrogen-bond donors (Lipinski definition) is 0. The van der Waals surface area contributed by atoms with Crippen LogP contribution in [0.5, 0.6) is 0 Å². The van der Waals surface area contributed by atoms with Crippen molar-refractivity contribution in [1.82, 2.24) is 0 Å². The van der Waals surface area contributed by atoms with Crippen LogP contribution in [0.2, 0.25) is 0 Å². The maximum Gasteiger partial charge on any atom is 0.157 e. The van der Waals surface area contributed by atoms with Crippen molar-refractivity contribution in [3.05, 3.63) is 0 Å². The second-order valence-electron chi connectivity index (χ2n) is 4.67. The molecule has 0 aromatic heterocycles. The zero-order chi connectivity index (χ0) is 12.9. The first-order valence-electron chi connectivity index (χ1n) is 7.18. The third-order valence-corrected chi connectivity index (χ3v) is 3.46. The zero-order valence-corrected chi connectivity index (χ0v) is 13.4. The summed E-state index contributed by atoms with van der Waals surface area (Å²) in [4.78, 5) is 0. The van der Waals surface area contributed by atoms with Gasteiger partial charge in [0.1, 0.15) is 0 Å². The van der Waals surface area contributed by atoms with Crippen LogP contribution in [0, 0.1) is 11.8 Å². The fourth-order valence-electron chi connectivity index (χ4n) is 2.04. The molecule has 104 valence electrons. The molecule has 1 heterocycles. The standard InChI is InChI=1S/C15H25IO2/c16-12-8-5-3-1-2-4-6-9-13-17-15-11-7-10-14-18-15/h15H,1-4,6-7,9-14H2. The van der Waals surface area contributed by atoms with Crippen LogP contribution >= 0.6 is 22.6 Å². The van der Waals surface area contributed by atoms with E-state index in [-0.39, 0.29) is 6.29 Å². The molecule has 1 unspecified atom stereocenters. The van der Waals surface area contributed by atoms with Gasteiger partial charge in [0, 0.05) is 19.6 Å². The van der Waals surface area contributed by atoms with Crippen molar-refractivity contribution >= 4 is 22.6 Å². The molecule has 0 N–H and O–H groups in total. The minimum Gasteiger partial charge on any atom is -0.353 e. The van der Waals surface area contributed by atoms with Gasteiger partial charge in [-0.15, -0.1) is 5.92 Å². The number of alkyl halides is 1. The van der Waals surface area contributed by atoms with E-state index in [1.54, 1.807) is 0 Å². The third-order valence-electron chi connectivity index (χ3n) is 3.08. The lowest BCUT2D eigenvalue weighted by Crippen LogP contribution is -2.22. The van der Waals surface area contributed by atoms with E-state index in [0.717, 1.165) is 30.5 Å². The molecule has 0 radical (unpaired) electrons. The summed E-state index contributed by atoms with van der Waals surface area (Å²) in [5, 5.41) is 0. The van der Waals surface area contributed by atoms with E-state index in [4.69, 9.17) is 9.47 Å². The first-order valence-corrected chi connectivity index (χ1v) is 8.71. The minimum absolute atomic E-state index is 0.0855. The Labute approximate surface area is 125 Å². The van der Waals surface area contributed by atoms with E-state index in [0.29, 0.717) is 0 Å². The predicted octanol–water partition coefficient (Wildman–Crippen LogP) is 4.31. The highest BCUT2D eigenvalue weighted by atomic mass is 127. The quantitative estimate of drug-likeness (QED) is 0.277. The summed E-state index contributed by atoms with van der Waals surface area (Å²) in [7, 11) is 0. The molecule has 1 rings (SSSR count). The van der Waals surface area contributed by atoms with E-state index < -0.39 is 0 Å². The monoisotopic (exact) mass is 364 g/mol. The molecule has 2 nitrogen and oxygen atoms in total.